The summed E-state index contributed by atoms with van der Waals surface area (Å²) in [6.45, 7) is 4.56. The Labute approximate surface area is 146 Å². The number of hydrogen-bond acceptors (Lipinski definition) is 0. The van der Waals surface area contributed by atoms with Gasteiger partial charge in [-0.1, -0.05) is 0 Å². The minimum absolute atomic E-state index is 1.19. The summed E-state index contributed by atoms with van der Waals surface area (Å²) in [7, 11) is 0. The van der Waals surface area contributed by atoms with Crippen LogP contribution in [-0.4, -0.2) is 0 Å². The molecule has 0 aliphatic heterocycles. The van der Waals surface area contributed by atoms with E-state index in [1.807, 2.05) is 0 Å². The number of hydrogen-bond donors (Lipinski definition) is 0. The Balaban J connectivity index is 2.10. The van der Waals surface area contributed by atoms with Crippen LogP contribution < -0.4 is 7.91 Å². The molecule has 0 spiro atoms. The fourth-order valence-corrected chi connectivity index (χ4v) is 10.1. The topological polar surface area (TPSA) is 0 Å². The average Bonchev–Trinajstić information content (AvgIpc) is 2.52. The molecular formula is C22H25Pt. The van der Waals surface area contributed by atoms with E-state index < -0.39 is 17.3 Å². The molecule has 0 saturated heterocycles. The molecule has 0 unspecified atom stereocenters. The van der Waals surface area contributed by atoms with Crippen LogP contribution in [0.5, 0.6) is 0 Å². The fraction of sp³-hybridized carbons (Fsp3) is 0.273. The van der Waals surface area contributed by atoms with Crippen molar-refractivity contribution in [3.8, 4) is 0 Å². The van der Waals surface area contributed by atoms with Crippen molar-refractivity contribution in [3.05, 3.63) is 81.8 Å². The second kappa shape index (κ2) is 7.93. The molecule has 2 aromatic carbocycles. The molecule has 0 saturated carbocycles. The zero-order valence-corrected chi connectivity index (χ0v) is 16.3. The van der Waals surface area contributed by atoms with Crippen LogP contribution in [-0.2, 0) is 17.3 Å². The van der Waals surface area contributed by atoms with Crippen LogP contribution in [0.2, 0.25) is 0 Å². The molecule has 1 aliphatic rings. The van der Waals surface area contributed by atoms with E-state index in [9.17, 15) is 0 Å². The van der Waals surface area contributed by atoms with Crippen LogP contribution in [0.15, 0.2) is 70.7 Å². The van der Waals surface area contributed by atoms with Crippen molar-refractivity contribution in [1.29, 1.82) is 0 Å². The van der Waals surface area contributed by atoms with Crippen LogP contribution in [0.25, 0.3) is 0 Å². The number of rotatable bonds is 3. The van der Waals surface area contributed by atoms with Crippen molar-refractivity contribution in [3.63, 3.8) is 0 Å². The molecule has 0 fully saturated rings. The summed E-state index contributed by atoms with van der Waals surface area (Å²) < 4.78 is 4.97. The summed E-state index contributed by atoms with van der Waals surface area (Å²) in [5.74, 6) is 0. The first-order valence-electron chi connectivity index (χ1n) is 8.33. The molecule has 2 aromatic rings. The van der Waals surface area contributed by atoms with Gasteiger partial charge in [0, 0.05) is 0 Å². The van der Waals surface area contributed by atoms with Crippen LogP contribution >= 0.6 is 0 Å². The quantitative estimate of drug-likeness (QED) is 0.545. The van der Waals surface area contributed by atoms with Crippen molar-refractivity contribution in [2.45, 2.75) is 39.5 Å². The van der Waals surface area contributed by atoms with Crippen molar-refractivity contribution < 1.29 is 17.3 Å². The van der Waals surface area contributed by atoms with Gasteiger partial charge in [0.2, 0.25) is 0 Å². The minimum atomic E-state index is -1.56. The van der Waals surface area contributed by atoms with Crippen LogP contribution in [0, 0.1) is 13.8 Å². The summed E-state index contributed by atoms with van der Waals surface area (Å²) in [4.78, 5) is 0. The van der Waals surface area contributed by atoms with Gasteiger partial charge in [0.15, 0.2) is 0 Å². The molecule has 1 heteroatoms. The SMILES string of the molecule is Cc1cccc[c]1[Pt]([C]1=CCCC=CCC1)[c]1ccccc1C. The van der Waals surface area contributed by atoms with Gasteiger partial charge in [-0.3, -0.25) is 0 Å². The predicted molar refractivity (Wildman–Crippen MR) is 97.3 cm³/mol. The number of allylic oxidation sites excluding steroid dienone is 4. The average molecular weight is 485 g/mol. The second-order valence-electron chi connectivity index (χ2n) is 5.87. The van der Waals surface area contributed by atoms with Crippen molar-refractivity contribution in [2.24, 2.45) is 0 Å². The van der Waals surface area contributed by atoms with E-state index in [4.69, 9.17) is 0 Å². The molecule has 0 atom stereocenters. The molecule has 0 bridgehead atoms. The van der Waals surface area contributed by atoms with Gasteiger partial charge >= 0.3 is 147 Å². The van der Waals surface area contributed by atoms with Gasteiger partial charge in [0.05, 0.1) is 0 Å². The molecule has 0 aromatic heterocycles. The van der Waals surface area contributed by atoms with E-state index >= 15 is 0 Å². The van der Waals surface area contributed by atoms with Gasteiger partial charge in [-0.2, -0.15) is 0 Å². The second-order valence-corrected chi connectivity index (χ2v) is 11.5. The number of benzene rings is 2. The molecule has 0 N–H and O–H groups in total. The molecule has 23 heavy (non-hydrogen) atoms. The van der Waals surface area contributed by atoms with E-state index in [2.05, 4.69) is 80.6 Å². The Morgan fingerprint density at radius 3 is 1.87 bits per heavy atom. The standard InChI is InChI=1S/C8H11.2C7H7.Pt/c1-2-4-6-8-7-5-3-1;2*1-7-5-3-2-4-6-7;/h1-2,7H,3-6H2;2*2-5H,1H3;. The normalized spacial score (nSPS) is 15.6. The maximum atomic E-state index is 2.56. The first-order valence-corrected chi connectivity index (χ1v) is 11.7. The molecular weight excluding hydrogens is 459 g/mol. The predicted octanol–water partition coefficient (Wildman–Crippen LogP) is 4.89. The molecule has 0 nitrogen and oxygen atoms in total. The molecule has 123 valence electrons. The maximum absolute atomic E-state index is 2.56. The Bertz CT molecular complexity index is 679. The van der Waals surface area contributed by atoms with Gasteiger partial charge in [0.25, 0.3) is 0 Å². The van der Waals surface area contributed by atoms with E-state index in [-0.39, 0.29) is 0 Å². The summed E-state index contributed by atoms with van der Waals surface area (Å²) in [6, 6.07) is 18.1. The number of aryl methyl sites for hydroxylation is 2. The first-order chi connectivity index (χ1) is 11.3. The van der Waals surface area contributed by atoms with Crippen molar-refractivity contribution in [1.82, 2.24) is 0 Å². The summed E-state index contributed by atoms with van der Waals surface area (Å²) >= 11 is -1.56. The third-order valence-electron chi connectivity index (χ3n) is 4.02. The summed E-state index contributed by atoms with van der Waals surface area (Å²) in [5, 5.41) is 0. The third kappa shape index (κ3) is 3.93. The van der Waals surface area contributed by atoms with Crippen LogP contribution in [0.4, 0.5) is 0 Å². The molecule has 1 aliphatic carbocycles. The van der Waals surface area contributed by atoms with Crippen LogP contribution in [0.1, 0.15) is 36.8 Å². The van der Waals surface area contributed by atoms with Gasteiger partial charge in [-0.25, -0.2) is 0 Å². The van der Waals surface area contributed by atoms with E-state index in [1.54, 1.807) is 11.9 Å². The molecule has 0 heterocycles. The van der Waals surface area contributed by atoms with E-state index in [0.717, 1.165) is 0 Å². The van der Waals surface area contributed by atoms with Gasteiger partial charge in [-0.05, 0) is 0 Å². The Kier molecular flexibility index (Phi) is 5.68. The zero-order valence-electron chi connectivity index (χ0n) is 14.0. The zero-order chi connectivity index (χ0) is 16.1. The summed E-state index contributed by atoms with van der Waals surface area (Å²) in [5.41, 5.74) is 2.92. The molecule has 3 rings (SSSR count). The monoisotopic (exact) mass is 484 g/mol. The Morgan fingerprint density at radius 2 is 1.26 bits per heavy atom. The van der Waals surface area contributed by atoms with Crippen molar-refractivity contribution >= 4 is 7.91 Å². The molecule has 0 amide bonds. The van der Waals surface area contributed by atoms with Gasteiger partial charge < -0.3 is 0 Å². The van der Waals surface area contributed by atoms with Gasteiger partial charge in [0.1, 0.15) is 0 Å². The fourth-order valence-electron chi connectivity index (χ4n) is 2.77. The molecule has 0 radical (unpaired) electrons. The Hall–Kier alpha value is -1.39. The van der Waals surface area contributed by atoms with Crippen molar-refractivity contribution in [2.75, 3.05) is 0 Å². The van der Waals surface area contributed by atoms with E-state index in [0.29, 0.717) is 0 Å². The third-order valence-corrected chi connectivity index (χ3v) is 11.5. The van der Waals surface area contributed by atoms with Gasteiger partial charge in [-0.15, -0.1) is 0 Å². The summed E-state index contributed by atoms with van der Waals surface area (Å²) in [6.07, 6.45) is 12.1. The van der Waals surface area contributed by atoms with E-state index in [1.165, 1.54) is 36.8 Å². The Morgan fingerprint density at radius 1 is 0.696 bits per heavy atom. The van der Waals surface area contributed by atoms with Crippen LogP contribution in [0.3, 0.4) is 0 Å². The first kappa shape index (κ1) is 16.5.